The van der Waals surface area contributed by atoms with Crippen LogP contribution in [-0.2, 0) is 16.0 Å². The van der Waals surface area contributed by atoms with Crippen LogP contribution < -0.4 is 5.32 Å². The number of aryl methyl sites for hydroxylation is 1. The minimum Gasteiger partial charge on any atom is -0.481 e. The summed E-state index contributed by atoms with van der Waals surface area (Å²) in [4.78, 5) is 26.8. The van der Waals surface area contributed by atoms with Gasteiger partial charge in [-0.15, -0.1) is 0 Å². The van der Waals surface area contributed by atoms with Gasteiger partial charge >= 0.3 is 5.97 Å². The molecular weight excluding hydrogens is 304 g/mol. The molecule has 3 rings (SSSR count). The molecule has 3 N–H and O–H groups in total. The van der Waals surface area contributed by atoms with E-state index in [0.717, 1.165) is 30.5 Å². The third-order valence-electron chi connectivity index (χ3n) is 5.10. The van der Waals surface area contributed by atoms with Gasteiger partial charge in [0, 0.05) is 29.1 Å². The predicted octanol–water partition coefficient (Wildman–Crippen LogP) is 3.03. The first kappa shape index (κ1) is 16.6. The lowest BCUT2D eigenvalue weighted by molar-refractivity contribution is -0.144. The minimum absolute atomic E-state index is 0.00144. The molecule has 24 heavy (non-hydrogen) atoms. The van der Waals surface area contributed by atoms with Crippen molar-refractivity contribution < 1.29 is 14.7 Å². The van der Waals surface area contributed by atoms with Crippen LogP contribution in [0.4, 0.5) is 0 Å². The minimum atomic E-state index is -0.776. The van der Waals surface area contributed by atoms with Crippen LogP contribution in [0.15, 0.2) is 24.3 Å². The van der Waals surface area contributed by atoms with Gasteiger partial charge in [0.1, 0.15) is 0 Å². The molecule has 1 saturated carbocycles. The smallest absolute Gasteiger partial charge is 0.306 e. The molecular formula is C19H24N2O3. The second-order valence-corrected chi connectivity index (χ2v) is 6.71. The number of hydrogen-bond acceptors (Lipinski definition) is 2. The van der Waals surface area contributed by atoms with E-state index in [2.05, 4.69) is 29.4 Å². The van der Waals surface area contributed by atoms with E-state index >= 15 is 0 Å². The van der Waals surface area contributed by atoms with Crippen molar-refractivity contribution >= 4 is 22.8 Å². The van der Waals surface area contributed by atoms with E-state index in [0.29, 0.717) is 19.4 Å². The van der Waals surface area contributed by atoms with Gasteiger partial charge in [-0.3, -0.25) is 9.59 Å². The van der Waals surface area contributed by atoms with Gasteiger partial charge in [-0.05, 0) is 44.2 Å². The molecule has 1 aromatic heterocycles. The molecule has 1 amide bonds. The van der Waals surface area contributed by atoms with Gasteiger partial charge in [0.15, 0.2) is 0 Å². The van der Waals surface area contributed by atoms with Crippen molar-refractivity contribution in [3.05, 3.63) is 35.5 Å². The summed E-state index contributed by atoms with van der Waals surface area (Å²) in [5.41, 5.74) is 3.49. The highest BCUT2D eigenvalue weighted by atomic mass is 16.4. The van der Waals surface area contributed by atoms with Crippen LogP contribution in [0, 0.1) is 18.8 Å². The second kappa shape index (κ2) is 7.07. The number of fused-ring (bicyclic) bond motifs is 1. The molecule has 1 heterocycles. The Bertz CT molecular complexity index is 750. The van der Waals surface area contributed by atoms with Crippen molar-refractivity contribution in [3.63, 3.8) is 0 Å². The number of rotatable bonds is 5. The van der Waals surface area contributed by atoms with Gasteiger partial charge in [-0.2, -0.15) is 0 Å². The number of H-pyrrole nitrogens is 1. The van der Waals surface area contributed by atoms with E-state index in [1.54, 1.807) is 0 Å². The van der Waals surface area contributed by atoms with Gasteiger partial charge in [0.25, 0.3) is 0 Å². The first-order valence-electron chi connectivity index (χ1n) is 8.63. The van der Waals surface area contributed by atoms with E-state index in [1.165, 1.54) is 10.9 Å². The predicted molar refractivity (Wildman–Crippen MR) is 92.8 cm³/mol. The van der Waals surface area contributed by atoms with Crippen LogP contribution in [0.2, 0.25) is 0 Å². The summed E-state index contributed by atoms with van der Waals surface area (Å²) in [5.74, 6) is -1.31. The van der Waals surface area contributed by atoms with Gasteiger partial charge in [0.05, 0.1) is 5.92 Å². The number of para-hydroxylation sites is 1. The summed E-state index contributed by atoms with van der Waals surface area (Å²) in [5, 5.41) is 13.3. The molecule has 2 unspecified atom stereocenters. The number of benzene rings is 1. The highest BCUT2D eigenvalue weighted by molar-refractivity contribution is 5.85. The topological polar surface area (TPSA) is 82.2 Å². The highest BCUT2D eigenvalue weighted by Gasteiger charge is 2.30. The molecule has 1 aliphatic rings. The van der Waals surface area contributed by atoms with Gasteiger partial charge in [-0.1, -0.05) is 24.6 Å². The molecule has 128 valence electrons. The zero-order valence-electron chi connectivity index (χ0n) is 14.0. The Hall–Kier alpha value is -2.30. The molecule has 5 heteroatoms. The number of carbonyl (C=O) groups is 2. The van der Waals surface area contributed by atoms with Crippen molar-refractivity contribution in [2.24, 2.45) is 11.8 Å². The highest BCUT2D eigenvalue weighted by Crippen LogP contribution is 2.29. The van der Waals surface area contributed by atoms with Crippen molar-refractivity contribution in [2.75, 3.05) is 6.54 Å². The number of hydrogen-bond donors (Lipinski definition) is 3. The van der Waals surface area contributed by atoms with Crippen LogP contribution in [-0.4, -0.2) is 28.5 Å². The molecule has 1 fully saturated rings. The number of carbonyl (C=O) groups excluding carboxylic acids is 1. The van der Waals surface area contributed by atoms with E-state index in [9.17, 15) is 9.59 Å². The van der Waals surface area contributed by atoms with E-state index < -0.39 is 5.97 Å². The average molecular weight is 328 g/mol. The largest absolute Gasteiger partial charge is 0.481 e. The average Bonchev–Trinajstić information content (AvgIpc) is 2.90. The molecule has 0 bridgehead atoms. The maximum Gasteiger partial charge on any atom is 0.306 e. The van der Waals surface area contributed by atoms with Crippen molar-refractivity contribution in [2.45, 2.75) is 39.0 Å². The van der Waals surface area contributed by atoms with E-state index in [1.807, 2.05) is 12.1 Å². The first-order valence-corrected chi connectivity index (χ1v) is 8.63. The summed E-state index contributed by atoms with van der Waals surface area (Å²) in [7, 11) is 0. The van der Waals surface area contributed by atoms with Crippen LogP contribution in [0.1, 0.15) is 36.9 Å². The van der Waals surface area contributed by atoms with Crippen LogP contribution >= 0.6 is 0 Å². The summed E-state index contributed by atoms with van der Waals surface area (Å²) >= 11 is 0. The molecule has 2 atom stereocenters. The van der Waals surface area contributed by atoms with Gasteiger partial charge in [0.2, 0.25) is 5.91 Å². The molecule has 1 aromatic carbocycles. The lowest BCUT2D eigenvalue weighted by atomic mass is 9.81. The Morgan fingerprint density at radius 2 is 2.00 bits per heavy atom. The Balaban J connectivity index is 1.57. The number of nitrogens with one attached hydrogen (secondary N) is 2. The monoisotopic (exact) mass is 328 g/mol. The lowest BCUT2D eigenvalue weighted by Gasteiger charge is -2.25. The van der Waals surface area contributed by atoms with Crippen molar-refractivity contribution in [3.8, 4) is 0 Å². The zero-order valence-corrected chi connectivity index (χ0v) is 14.0. The Kier molecular flexibility index (Phi) is 4.88. The molecule has 5 nitrogen and oxygen atoms in total. The van der Waals surface area contributed by atoms with Crippen LogP contribution in [0.3, 0.4) is 0 Å². The number of carboxylic acid groups (broad SMARTS) is 1. The summed E-state index contributed by atoms with van der Waals surface area (Å²) in [6, 6.07) is 8.17. The number of aromatic nitrogens is 1. The first-order chi connectivity index (χ1) is 11.6. The standard InChI is InChI=1S/C19H24N2O3/c1-12-15(16-7-2-3-8-17(16)21-12)9-10-20-18(22)13-5-4-6-14(11-13)19(23)24/h2-3,7-8,13-14,21H,4-6,9-11H2,1H3,(H,20,22)(H,23,24). The van der Waals surface area contributed by atoms with E-state index in [-0.39, 0.29) is 17.7 Å². The number of carboxylic acids is 1. The fourth-order valence-corrected chi connectivity index (χ4v) is 3.76. The Morgan fingerprint density at radius 3 is 2.79 bits per heavy atom. The Labute approximate surface area is 141 Å². The van der Waals surface area contributed by atoms with Gasteiger partial charge in [-0.25, -0.2) is 0 Å². The van der Waals surface area contributed by atoms with Crippen LogP contribution in [0.25, 0.3) is 10.9 Å². The van der Waals surface area contributed by atoms with Crippen LogP contribution in [0.5, 0.6) is 0 Å². The maximum absolute atomic E-state index is 12.3. The fraction of sp³-hybridized carbons (Fsp3) is 0.474. The normalized spacial score (nSPS) is 20.9. The maximum atomic E-state index is 12.3. The summed E-state index contributed by atoms with van der Waals surface area (Å²) < 4.78 is 0. The molecule has 0 spiro atoms. The molecule has 1 aliphatic carbocycles. The number of amides is 1. The number of aromatic amines is 1. The molecule has 0 aliphatic heterocycles. The van der Waals surface area contributed by atoms with Gasteiger partial charge < -0.3 is 15.4 Å². The fourth-order valence-electron chi connectivity index (χ4n) is 3.76. The van der Waals surface area contributed by atoms with Crippen molar-refractivity contribution in [1.82, 2.24) is 10.3 Å². The SMILES string of the molecule is Cc1[nH]c2ccccc2c1CCNC(=O)C1CCCC(C(=O)O)C1. The summed E-state index contributed by atoms with van der Waals surface area (Å²) in [6.07, 6.45) is 3.54. The number of aliphatic carboxylic acids is 1. The molecule has 2 aromatic rings. The van der Waals surface area contributed by atoms with E-state index in [4.69, 9.17) is 5.11 Å². The van der Waals surface area contributed by atoms with Crippen molar-refractivity contribution in [1.29, 1.82) is 0 Å². The zero-order chi connectivity index (χ0) is 17.1. The molecule has 0 saturated heterocycles. The summed E-state index contributed by atoms with van der Waals surface area (Å²) in [6.45, 7) is 2.63. The third kappa shape index (κ3) is 3.45. The third-order valence-corrected chi connectivity index (χ3v) is 5.10. The Morgan fingerprint density at radius 1 is 1.25 bits per heavy atom. The quantitative estimate of drug-likeness (QED) is 0.789. The lowest BCUT2D eigenvalue weighted by Crippen LogP contribution is -2.36. The second-order valence-electron chi connectivity index (χ2n) is 6.71. The molecule has 0 radical (unpaired) electrons.